The van der Waals surface area contributed by atoms with Crippen molar-refractivity contribution in [1.82, 2.24) is 25.0 Å². The molecule has 4 heterocycles. The van der Waals surface area contributed by atoms with Gasteiger partial charge in [-0.25, -0.2) is 4.98 Å². The van der Waals surface area contributed by atoms with Crippen molar-refractivity contribution in [3.05, 3.63) is 23.5 Å². The molecule has 1 spiro atoms. The Kier molecular flexibility index (Phi) is 4.21. The first kappa shape index (κ1) is 16.5. The normalized spacial score (nSPS) is 21.6. The highest BCUT2D eigenvalue weighted by Gasteiger charge is 2.39. The van der Waals surface area contributed by atoms with Crippen LogP contribution in [0.25, 0.3) is 11.0 Å². The zero-order chi connectivity index (χ0) is 17.4. The molecule has 0 unspecified atom stereocenters. The molecule has 0 aromatic carbocycles. The average molecular weight is 343 g/mol. The van der Waals surface area contributed by atoms with Gasteiger partial charge in [-0.15, -0.1) is 0 Å². The van der Waals surface area contributed by atoms with Crippen molar-refractivity contribution < 1.29 is 9.53 Å². The van der Waals surface area contributed by atoms with Gasteiger partial charge in [0.25, 0.3) is 5.91 Å². The van der Waals surface area contributed by atoms with Gasteiger partial charge in [0.15, 0.2) is 5.65 Å². The van der Waals surface area contributed by atoms with Gasteiger partial charge in [0.2, 0.25) is 0 Å². The van der Waals surface area contributed by atoms with Crippen molar-refractivity contribution >= 4 is 16.9 Å². The van der Waals surface area contributed by atoms with Crippen molar-refractivity contribution in [1.29, 1.82) is 0 Å². The Morgan fingerprint density at radius 1 is 1.24 bits per heavy atom. The van der Waals surface area contributed by atoms with Crippen LogP contribution < -0.4 is 0 Å². The Morgan fingerprint density at radius 2 is 2.04 bits per heavy atom. The quantitative estimate of drug-likeness (QED) is 0.851. The van der Waals surface area contributed by atoms with E-state index in [-0.39, 0.29) is 11.4 Å². The minimum absolute atomic E-state index is 0.0625. The Hall–Kier alpha value is -1.99. The number of rotatable bonds is 1. The van der Waals surface area contributed by atoms with Gasteiger partial charge in [0.1, 0.15) is 0 Å². The highest BCUT2D eigenvalue weighted by Crippen LogP contribution is 2.32. The van der Waals surface area contributed by atoms with Crippen LogP contribution in [0.1, 0.15) is 35.3 Å². The number of amides is 1. The second kappa shape index (κ2) is 6.38. The Morgan fingerprint density at radius 3 is 2.84 bits per heavy atom. The molecule has 2 aromatic heterocycles. The molecule has 1 N–H and O–H groups in total. The molecule has 2 aliphatic rings. The van der Waals surface area contributed by atoms with Gasteiger partial charge in [-0.05, 0) is 39.3 Å². The zero-order valence-electron chi connectivity index (χ0n) is 14.9. The summed E-state index contributed by atoms with van der Waals surface area (Å²) in [7, 11) is 2.18. The molecule has 2 aromatic rings. The molecule has 7 nitrogen and oxygen atoms in total. The van der Waals surface area contributed by atoms with E-state index in [2.05, 4.69) is 27.1 Å². The monoisotopic (exact) mass is 343 g/mol. The number of nitrogens with one attached hydrogen (secondary N) is 1. The van der Waals surface area contributed by atoms with Crippen LogP contribution in [0.2, 0.25) is 0 Å². The molecule has 25 heavy (non-hydrogen) atoms. The zero-order valence-corrected chi connectivity index (χ0v) is 14.9. The fourth-order valence-electron chi connectivity index (χ4n) is 4.06. The lowest BCUT2D eigenvalue weighted by Crippen LogP contribution is -2.50. The van der Waals surface area contributed by atoms with Crippen LogP contribution in [0.4, 0.5) is 0 Å². The van der Waals surface area contributed by atoms with Gasteiger partial charge >= 0.3 is 0 Å². The van der Waals surface area contributed by atoms with Crippen molar-refractivity contribution in [3.8, 4) is 0 Å². The minimum Gasteiger partial charge on any atom is -0.381 e. The van der Waals surface area contributed by atoms with Gasteiger partial charge in [0, 0.05) is 55.7 Å². The third-order valence-electron chi connectivity index (χ3n) is 5.92. The molecule has 0 aliphatic carbocycles. The number of hydrogen-bond donors (Lipinski definition) is 1. The lowest BCUT2D eigenvalue weighted by Gasteiger charge is -2.43. The average Bonchev–Trinajstić information content (AvgIpc) is 2.94. The number of aromatic nitrogens is 3. The maximum atomic E-state index is 13.0. The van der Waals surface area contributed by atoms with E-state index in [0.717, 1.165) is 63.2 Å². The second-order valence-electron chi connectivity index (χ2n) is 7.24. The number of ether oxygens (including phenoxy) is 1. The van der Waals surface area contributed by atoms with Crippen molar-refractivity contribution in [2.24, 2.45) is 0 Å². The van der Waals surface area contributed by atoms with E-state index < -0.39 is 0 Å². The Labute approximate surface area is 147 Å². The molecule has 0 atom stereocenters. The van der Waals surface area contributed by atoms with Crippen LogP contribution in [0.15, 0.2) is 12.3 Å². The first-order valence-electron chi connectivity index (χ1n) is 8.98. The van der Waals surface area contributed by atoms with Crippen molar-refractivity contribution in [2.75, 3.05) is 39.9 Å². The van der Waals surface area contributed by atoms with Gasteiger partial charge in [-0.3, -0.25) is 14.8 Å². The number of aryl methyl sites for hydroxylation is 1. The molecule has 2 saturated heterocycles. The minimum atomic E-state index is 0.0625. The molecular weight excluding hydrogens is 318 g/mol. The number of H-pyrrole nitrogens is 1. The van der Waals surface area contributed by atoms with E-state index in [4.69, 9.17) is 4.74 Å². The Balaban J connectivity index is 1.54. The number of pyridine rings is 1. The van der Waals surface area contributed by atoms with Gasteiger partial charge < -0.3 is 9.64 Å². The summed E-state index contributed by atoms with van der Waals surface area (Å²) in [6.07, 6.45) is 4.74. The summed E-state index contributed by atoms with van der Waals surface area (Å²) in [5.74, 6) is 0.0625. The third-order valence-corrected chi connectivity index (χ3v) is 5.92. The first-order chi connectivity index (χ1) is 12.1. The molecule has 134 valence electrons. The largest absolute Gasteiger partial charge is 0.381 e. The van der Waals surface area contributed by atoms with Crippen molar-refractivity contribution in [2.45, 2.75) is 31.7 Å². The number of fused-ring (bicyclic) bond motifs is 1. The van der Waals surface area contributed by atoms with Gasteiger partial charge in [-0.2, -0.15) is 5.10 Å². The summed E-state index contributed by atoms with van der Waals surface area (Å²) >= 11 is 0. The second-order valence-corrected chi connectivity index (χ2v) is 7.24. The van der Waals surface area contributed by atoms with Crippen LogP contribution in [0.5, 0.6) is 0 Å². The van der Waals surface area contributed by atoms with Crippen LogP contribution >= 0.6 is 0 Å². The Bertz CT molecular complexity index is 781. The molecule has 7 heteroatoms. The highest BCUT2D eigenvalue weighted by molar-refractivity contribution is 5.97. The number of likely N-dealkylation sites (N-methyl/N-ethyl adjacent to an activating group) is 1. The summed E-state index contributed by atoms with van der Waals surface area (Å²) in [6, 6.07) is 1.91. The molecule has 0 saturated carbocycles. The smallest absolute Gasteiger partial charge is 0.255 e. The highest BCUT2D eigenvalue weighted by atomic mass is 16.5. The van der Waals surface area contributed by atoms with Gasteiger partial charge in [0.05, 0.1) is 5.56 Å². The van der Waals surface area contributed by atoms with E-state index in [9.17, 15) is 4.79 Å². The summed E-state index contributed by atoms with van der Waals surface area (Å²) in [5, 5.41) is 7.97. The predicted molar refractivity (Wildman–Crippen MR) is 94.6 cm³/mol. The van der Waals surface area contributed by atoms with Crippen molar-refractivity contribution in [3.63, 3.8) is 0 Å². The number of carbonyl (C=O) groups excluding carboxylic acids is 1. The van der Waals surface area contributed by atoms with Crippen LogP contribution in [0.3, 0.4) is 0 Å². The van der Waals surface area contributed by atoms with E-state index in [0.29, 0.717) is 11.2 Å². The fourth-order valence-corrected chi connectivity index (χ4v) is 4.06. The van der Waals surface area contributed by atoms with E-state index in [1.54, 1.807) is 6.20 Å². The summed E-state index contributed by atoms with van der Waals surface area (Å²) in [5.41, 5.74) is 2.42. The molecule has 2 fully saturated rings. The summed E-state index contributed by atoms with van der Waals surface area (Å²) in [4.78, 5) is 21.7. The number of aromatic amines is 1. The summed E-state index contributed by atoms with van der Waals surface area (Å²) in [6.45, 7) is 6.01. The topological polar surface area (TPSA) is 74.4 Å². The van der Waals surface area contributed by atoms with Crippen LogP contribution in [-0.4, -0.2) is 76.3 Å². The number of nitrogens with zero attached hydrogens (tertiary/aromatic N) is 4. The van der Waals surface area contributed by atoms with E-state index in [1.807, 2.05) is 17.9 Å². The molecule has 0 radical (unpaired) electrons. The van der Waals surface area contributed by atoms with E-state index >= 15 is 0 Å². The predicted octanol–water partition coefficient (Wildman–Crippen LogP) is 1.59. The SMILES string of the molecule is Cc1[nH]nc2ncc(C(=O)N3CCN(C)C4(CCOCC4)CC3)cc12. The maximum Gasteiger partial charge on any atom is 0.255 e. The molecule has 1 amide bonds. The molecule has 2 aliphatic heterocycles. The van der Waals surface area contributed by atoms with E-state index in [1.165, 1.54) is 0 Å². The van der Waals surface area contributed by atoms with Gasteiger partial charge in [-0.1, -0.05) is 0 Å². The lowest BCUT2D eigenvalue weighted by molar-refractivity contribution is -0.0158. The number of carbonyl (C=O) groups is 1. The summed E-state index contributed by atoms with van der Waals surface area (Å²) < 4.78 is 5.55. The maximum absolute atomic E-state index is 13.0. The third kappa shape index (κ3) is 2.91. The van der Waals surface area contributed by atoms with Crippen LogP contribution in [0, 0.1) is 6.92 Å². The fraction of sp³-hybridized carbons (Fsp3) is 0.611. The number of hydrogen-bond acceptors (Lipinski definition) is 5. The van der Waals surface area contributed by atoms with Crippen LogP contribution in [-0.2, 0) is 4.74 Å². The molecule has 0 bridgehead atoms. The first-order valence-corrected chi connectivity index (χ1v) is 8.98. The lowest BCUT2D eigenvalue weighted by atomic mass is 9.85. The molecular formula is C18H25N5O2. The molecule has 4 rings (SSSR count). The standard InChI is InChI=1S/C18H25N5O2/c1-13-15-11-14(12-19-16(15)21-20-13)17(24)23-6-3-18(22(2)7-8-23)4-9-25-10-5-18/h11-12H,3-10H2,1-2H3,(H,19,20,21).